The number of aryl methyl sites for hydroxylation is 1. The largest absolute Gasteiger partial charge is 0.352 e. The molecule has 2 saturated carbocycles. The van der Waals surface area contributed by atoms with Gasteiger partial charge in [0.25, 0.3) is 5.91 Å². The number of imide groups is 1. The average molecular weight is 402 g/mol. The molecule has 4 amide bonds. The minimum Gasteiger partial charge on any atom is -0.352 e. The lowest BCUT2D eigenvalue weighted by atomic mass is 9.80. The zero-order valence-corrected chi connectivity index (χ0v) is 17.0. The molecule has 7 heteroatoms. The highest BCUT2D eigenvalue weighted by atomic mass is 32.1. The van der Waals surface area contributed by atoms with Crippen molar-refractivity contribution in [3.8, 4) is 0 Å². The summed E-state index contributed by atoms with van der Waals surface area (Å²) in [5.74, 6) is 1.56. The molecule has 2 heterocycles. The summed E-state index contributed by atoms with van der Waals surface area (Å²) >= 11 is 1.63. The average Bonchev–Trinajstić information content (AvgIpc) is 3.44. The first kappa shape index (κ1) is 18.2. The van der Waals surface area contributed by atoms with Crippen molar-refractivity contribution in [1.82, 2.24) is 15.5 Å². The van der Waals surface area contributed by atoms with Crippen molar-refractivity contribution in [3.63, 3.8) is 0 Å². The monoisotopic (exact) mass is 401 g/mol. The minimum atomic E-state index is -0.971. The van der Waals surface area contributed by atoms with Gasteiger partial charge in [0.1, 0.15) is 12.1 Å². The Morgan fingerprint density at radius 3 is 3.00 bits per heavy atom. The number of amides is 4. The highest BCUT2D eigenvalue weighted by Crippen LogP contribution is 2.49. The summed E-state index contributed by atoms with van der Waals surface area (Å²) in [7, 11) is 0. The van der Waals surface area contributed by atoms with E-state index in [4.69, 9.17) is 0 Å². The van der Waals surface area contributed by atoms with Crippen LogP contribution >= 0.6 is 11.3 Å². The molecule has 28 heavy (non-hydrogen) atoms. The number of nitrogens with one attached hydrogen (secondary N) is 2. The number of carbonyl (C=O) groups excluding carboxylic acids is 3. The van der Waals surface area contributed by atoms with Crippen molar-refractivity contribution in [2.24, 2.45) is 17.8 Å². The summed E-state index contributed by atoms with van der Waals surface area (Å²) in [5, 5.41) is 7.96. The van der Waals surface area contributed by atoms with E-state index < -0.39 is 11.6 Å². The van der Waals surface area contributed by atoms with Crippen LogP contribution in [0.15, 0.2) is 11.4 Å². The molecule has 3 fully saturated rings. The van der Waals surface area contributed by atoms with Gasteiger partial charge in [-0.1, -0.05) is 6.42 Å². The summed E-state index contributed by atoms with van der Waals surface area (Å²) in [6.07, 6.45) is 7.49. The van der Waals surface area contributed by atoms with E-state index in [1.54, 1.807) is 11.3 Å². The lowest BCUT2D eigenvalue weighted by Crippen LogP contribution is -2.48. The van der Waals surface area contributed by atoms with Crippen LogP contribution in [0.2, 0.25) is 0 Å². The van der Waals surface area contributed by atoms with E-state index >= 15 is 0 Å². The van der Waals surface area contributed by atoms with Crippen LogP contribution < -0.4 is 10.6 Å². The van der Waals surface area contributed by atoms with Crippen LogP contribution in [-0.2, 0) is 21.5 Å². The van der Waals surface area contributed by atoms with E-state index in [9.17, 15) is 14.4 Å². The Bertz CT molecular complexity index is 837. The Morgan fingerprint density at radius 2 is 2.25 bits per heavy atom. The van der Waals surface area contributed by atoms with Crippen LogP contribution in [0, 0.1) is 17.8 Å². The van der Waals surface area contributed by atoms with Gasteiger partial charge in [0.05, 0.1) is 0 Å². The number of rotatable bonds is 4. The maximum absolute atomic E-state index is 13.2. The Hall–Kier alpha value is -1.89. The van der Waals surface area contributed by atoms with Gasteiger partial charge in [0.2, 0.25) is 5.91 Å². The van der Waals surface area contributed by atoms with Crippen molar-refractivity contribution >= 4 is 29.2 Å². The van der Waals surface area contributed by atoms with Gasteiger partial charge in [-0.25, -0.2) is 4.79 Å². The summed E-state index contributed by atoms with van der Waals surface area (Å²) in [5.41, 5.74) is -0.0541. The molecule has 150 valence electrons. The van der Waals surface area contributed by atoms with Gasteiger partial charge < -0.3 is 10.6 Å². The molecule has 2 bridgehead atoms. The molecule has 5 rings (SSSR count). The van der Waals surface area contributed by atoms with E-state index in [1.165, 1.54) is 25.7 Å². The molecule has 0 aromatic carbocycles. The Balaban J connectivity index is 1.27. The number of fused-ring (bicyclic) bond motifs is 4. The summed E-state index contributed by atoms with van der Waals surface area (Å²) < 4.78 is 0. The Kier molecular flexibility index (Phi) is 4.27. The summed E-state index contributed by atoms with van der Waals surface area (Å²) in [4.78, 5) is 40.7. The Labute approximate surface area is 169 Å². The van der Waals surface area contributed by atoms with Crippen molar-refractivity contribution in [2.45, 2.75) is 63.5 Å². The first-order chi connectivity index (χ1) is 13.5. The van der Waals surface area contributed by atoms with Gasteiger partial charge in [-0.3, -0.25) is 14.5 Å². The van der Waals surface area contributed by atoms with E-state index in [0.717, 1.165) is 40.0 Å². The maximum Gasteiger partial charge on any atom is 0.325 e. The molecule has 6 nitrogen and oxygen atoms in total. The SMILES string of the molecule is CC(NC(=O)CN1C(=O)NC2(CCCc3sccc32)C1=O)C1CC2CCC1C2. The van der Waals surface area contributed by atoms with Crippen molar-refractivity contribution < 1.29 is 14.4 Å². The topological polar surface area (TPSA) is 78.5 Å². The normalized spacial score (nSPS) is 34.6. The third-order valence-electron chi connectivity index (χ3n) is 7.46. The van der Waals surface area contributed by atoms with Gasteiger partial charge in [-0.2, -0.15) is 0 Å². The van der Waals surface area contributed by atoms with Gasteiger partial charge >= 0.3 is 6.03 Å². The summed E-state index contributed by atoms with van der Waals surface area (Å²) in [6, 6.07) is 1.58. The first-order valence-corrected chi connectivity index (χ1v) is 11.4. The van der Waals surface area contributed by atoms with Gasteiger partial charge in [0.15, 0.2) is 0 Å². The fraction of sp³-hybridized carbons (Fsp3) is 0.667. The van der Waals surface area contributed by atoms with Crippen molar-refractivity contribution in [1.29, 1.82) is 0 Å². The molecule has 4 aliphatic rings. The molecule has 1 saturated heterocycles. The number of hydrogen-bond acceptors (Lipinski definition) is 4. The second kappa shape index (κ2) is 6.58. The van der Waals surface area contributed by atoms with Gasteiger partial charge in [-0.15, -0.1) is 11.3 Å². The highest BCUT2D eigenvalue weighted by Gasteiger charge is 2.54. The summed E-state index contributed by atoms with van der Waals surface area (Å²) in [6.45, 7) is 1.87. The molecule has 0 radical (unpaired) electrons. The lowest BCUT2D eigenvalue weighted by Gasteiger charge is -2.31. The standard InChI is InChI=1S/C21H27N3O3S/c1-12(15-10-13-4-5-14(15)9-13)22-18(25)11-24-19(26)21(23-20(24)27)7-2-3-17-16(21)6-8-28-17/h6,8,12-15H,2-5,7,9-11H2,1H3,(H,22,25)(H,23,27). The minimum absolute atomic E-state index is 0.0932. The van der Waals surface area contributed by atoms with Crippen molar-refractivity contribution in [3.05, 3.63) is 21.9 Å². The molecule has 1 aliphatic heterocycles. The zero-order valence-electron chi connectivity index (χ0n) is 16.2. The molecule has 1 spiro atoms. The maximum atomic E-state index is 13.2. The molecular weight excluding hydrogens is 374 g/mol. The van der Waals surface area contributed by atoms with Crippen LogP contribution in [-0.4, -0.2) is 35.3 Å². The number of carbonyl (C=O) groups is 3. The fourth-order valence-electron chi connectivity index (χ4n) is 6.14. The van der Waals surface area contributed by atoms with E-state index in [0.29, 0.717) is 12.3 Å². The smallest absolute Gasteiger partial charge is 0.325 e. The molecule has 5 atom stereocenters. The molecule has 2 N–H and O–H groups in total. The van der Waals surface area contributed by atoms with Crippen LogP contribution in [0.5, 0.6) is 0 Å². The van der Waals surface area contributed by atoms with E-state index in [2.05, 4.69) is 17.6 Å². The van der Waals surface area contributed by atoms with Gasteiger partial charge in [-0.05, 0) is 74.6 Å². The number of hydrogen-bond donors (Lipinski definition) is 2. The molecule has 3 aliphatic carbocycles. The lowest BCUT2D eigenvalue weighted by molar-refractivity contribution is -0.136. The molecule has 1 aromatic rings. The number of thiophene rings is 1. The van der Waals surface area contributed by atoms with Crippen LogP contribution in [0.1, 0.15) is 55.9 Å². The zero-order chi connectivity index (χ0) is 19.5. The second-order valence-corrected chi connectivity index (χ2v) is 10.0. The first-order valence-electron chi connectivity index (χ1n) is 10.5. The van der Waals surface area contributed by atoms with Crippen molar-refractivity contribution in [2.75, 3.05) is 6.54 Å². The van der Waals surface area contributed by atoms with Crippen LogP contribution in [0.3, 0.4) is 0 Å². The highest BCUT2D eigenvalue weighted by molar-refractivity contribution is 7.10. The third-order valence-corrected chi connectivity index (χ3v) is 8.44. The number of nitrogens with zero attached hydrogens (tertiary/aromatic N) is 1. The predicted octanol–water partition coefficient (Wildman–Crippen LogP) is 2.77. The molecule has 1 aromatic heterocycles. The molecule has 5 unspecified atom stereocenters. The fourth-order valence-corrected chi connectivity index (χ4v) is 7.14. The van der Waals surface area contributed by atoms with Gasteiger partial charge in [0, 0.05) is 16.5 Å². The van der Waals surface area contributed by atoms with E-state index in [1.807, 2.05) is 11.4 Å². The third kappa shape index (κ3) is 2.70. The second-order valence-electron chi connectivity index (χ2n) is 9.03. The molecular formula is C21H27N3O3S. The quantitative estimate of drug-likeness (QED) is 0.762. The number of urea groups is 1. The van der Waals surface area contributed by atoms with E-state index in [-0.39, 0.29) is 24.4 Å². The predicted molar refractivity (Wildman–Crippen MR) is 106 cm³/mol. The van der Waals surface area contributed by atoms with Crippen LogP contribution in [0.4, 0.5) is 4.79 Å². The Morgan fingerprint density at radius 1 is 1.39 bits per heavy atom. The van der Waals surface area contributed by atoms with Crippen LogP contribution in [0.25, 0.3) is 0 Å².